The van der Waals surface area contributed by atoms with E-state index >= 15 is 0 Å². The van der Waals surface area contributed by atoms with Crippen LogP contribution in [0.1, 0.15) is 45.7 Å². The van der Waals surface area contributed by atoms with Gasteiger partial charge in [-0.1, -0.05) is 39.0 Å². The van der Waals surface area contributed by atoms with E-state index < -0.39 is 0 Å². The van der Waals surface area contributed by atoms with Gasteiger partial charge in [-0.25, -0.2) is 0 Å². The number of aromatic nitrogens is 1. The molecule has 2 aromatic rings. The summed E-state index contributed by atoms with van der Waals surface area (Å²) in [6, 6.07) is 8.37. The molecule has 0 fully saturated rings. The number of nitrogens with zero attached hydrogens (tertiary/aromatic N) is 2. The Morgan fingerprint density at radius 2 is 1.90 bits per heavy atom. The zero-order valence-electron chi connectivity index (χ0n) is 13.6. The molecule has 1 aromatic carbocycles. The number of benzene rings is 1. The molecule has 0 bridgehead atoms. The Morgan fingerprint density at radius 1 is 1.19 bits per heavy atom. The molecule has 0 saturated carbocycles. The van der Waals surface area contributed by atoms with Crippen LogP contribution < -0.4 is 5.73 Å². The Kier molecular flexibility index (Phi) is 4.96. The number of hydrogen-bond donors (Lipinski definition) is 1. The van der Waals surface area contributed by atoms with Gasteiger partial charge in [0, 0.05) is 29.4 Å². The monoisotopic (exact) mass is 285 g/mol. The molecule has 2 N–H and O–H groups in total. The first-order chi connectivity index (χ1) is 10.1. The van der Waals surface area contributed by atoms with Crippen LogP contribution in [0.3, 0.4) is 0 Å². The van der Waals surface area contributed by atoms with Crippen molar-refractivity contribution in [2.45, 2.75) is 45.7 Å². The Labute approximate surface area is 128 Å². The van der Waals surface area contributed by atoms with Crippen LogP contribution in [0.5, 0.6) is 0 Å². The zero-order chi connectivity index (χ0) is 15.5. The van der Waals surface area contributed by atoms with Gasteiger partial charge >= 0.3 is 0 Å². The molecule has 2 rings (SSSR count). The topological polar surface area (TPSA) is 42.1 Å². The van der Waals surface area contributed by atoms with Crippen LogP contribution in [0.15, 0.2) is 36.7 Å². The molecule has 3 nitrogen and oxygen atoms in total. The van der Waals surface area contributed by atoms with Crippen LogP contribution in [0.25, 0.3) is 10.8 Å². The molecule has 114 valence electrons. The summed E-state index contributed by atoms with van der Waals surface area (Å²) in [5.74, 6) is 0. The van der Waals surface area contributed by atoms with E-state index in [4.69, 9.17) is 5.73 Å². The van der Waals surface area contributed by atoms with Gasteiger partial charge in [0.2, 0.25) is 0 Å². The lowest BCUT2D eigenvalue weighted by Gasteiger charge is -2.44. The third-order valence-corrected chi connectivity index (χ3v) is 4.92. The van der Waals surface area contributed by atoms with E-state index in [1.807, 2.05) is 18.5 Å². The van der Waals surface area contributed by atoms with E-state index in [-0.39, 0.29) is 11.6 Å². The van der Waals surface area contributed by atoms with Crippen molar-refractivity contribution in [2.24, 2.45) is 5.73 Å². The maximum Gasteiger partial charge on any atom is 0.0486 e. The van der Waals surface area contributed by atoms with E-state index in [1.54, 1.807) is 0 Å². The maximum absolute atomic E-state index is 6.73. The largest absolute Gasteiger partial charge is 0.322 e. The molecule has 0 saturated heterocycles. The predicted molar refractivity (Wildman–Crippen MR) is 90.3 cm³/mol. The van der Waals surface area contributed by atoms with E-state index in [1.165, 1.54) is 16.3 Å². The van der Waals surface area contributed by atoms with Crippen molar-refractivity contribution < 1.29 is 0 Å². The van der Waals surface area contributed by atoms with Crippen molar-refractivity contribution in [3.8, 4) is 0 Å². The molecule has 0 radical (unpaired) electrons. The highest BCUT2D eigenvalue weighted by Gasteiger charge is 2.36. The molecule has 0 aliphatic carbocycles. The SMILES string of the molecule is CCN(CC)C(C)(CC)C(N)c1cccc2ccncc12. The van der Waals surface area contributed by atoms with Gasteiger partial charge in [-0.3, -0.25) is 9.88 Å². The standard InChI is InChI=1S/C18H27N3/c1-5-18(4,21(6-2)7-3)17(19)15-10-8-9-14-11-12-20-13-16(14)15/h8-13,17H,5-7,19H2,1-4H3. The lowest BCUT2D eigenvalue weighted by molar-refractivity contribution is 0.0849. The van der Waals surface area contributed by atoms with Crippen LogP contribution in [0.2, 0.25) is 0 Å². The maximum atomic E-state index is 6.73. The van der Waals surface area contributed by atoms with E-state index in [0.29, 0.717) is 0 Å². The number of rotatable bonds is 6. The van der Waals surface area contributed by atoms with Crippen molar-refractivity contribution in [1.82, 2.24) is 9.88 Å². The number of pyridine rings is 1. The molecule has 2 unspecified atom stereocenters. The minimum atomic E-state index is -0.0480. The van der Waals surface area contributed by atoms with Crippen LogP contribution in [-0.2, 0) is 0 Å². The molecular weight excluding hydrogens is 258 g/mol. The number of fused-ring (bicyclic) bond motifs is 1. The van der Waals surface area contributed by atoms with Gasteiger partial charge in [-0.15, -0.1) is 0 Å². The van der Waals surface area contributed by atoms with Crippen molar-refractivity contribution in [3.05, 3.63) is 42.2 Å². The normalized spacial score (nSPS) is 16.1. The van der Waals surface area contributed by atoms with Crippen molar-refractivity contribution in [1.29, 1.82) is 0 Å². The first-order valence-corrected chi connectivity index (χ1v) is 7.91. The van der Waals surface area contributed by atoms with E-state index in [9.17, 15) is 0 Å². The number of hydrogen-bond acceptors (Lipinski definition) is 3. The summed E-state index contributed by atoms with van der Waals surface area (Å²) in [5.41, 5.74) is 7.88. The number of nitrogens with two attached hydrogens (primary N) is 1. The zero-order valence-corrected chi connectivity index (χ0v) is 13.6. The highest BCUT2D eigenvalue weighted by molar-refractivity contribution is 5.85. The molecule has 0 amide bonds. The third-order valence-electron chi connectivity index (χ3n) is 4.92. The summed E-state index contributed by atoms with van der Waals surface area (Å²) in [4.78, 5) is 6.74. The van der Waals surface area contributed by atoms with Gasteiger partial charge in [-0.05, 0) is 43.5 Å². The van der Waals surface area contributed by atoms with Gasteiger partial charge in [0.1, 0.15) is 0 Å². The lowest BCUT2D eigenvalue weighted by atomic mass is 9.82. The summed E-state index contributed by atoms with van der Waals surface area (Å²) >= 11 is 0. The molecule has 1 heterocycles. The van der Waals surface area contributed by atoms with Gasteiger partial charge in [0.05, 0.1) is 0 Å². The van der Waals surface area contributed by atoms with Gasteiger partial charge in [0.15, 0.2) is 0 Å². The second-order valence-electron chi connectivity index (χ2n) is 5.80. The summed E-state index contributed by atoms with van der Waals surface area (Å²) in [7, 11) is 0. The summed E-state index contributed by atoms with van der Waals surface area (Å²) in [6.07, 6.45) is 4.79. The van der Waals surface area contributed by atoms with Gasteiger partial charge in [0.25, 0.3) is 0 Å². The van der Waals surface area contributed by atoms with E-state index in [2.05, 4.69) is 55.8 Å². The second-order valence-corrected chi connectivity index (χ2v) is 5.80. The minimum Gasteiger partial charge on any atom is -0.322 e. The lowest BCUT2D eigenvalue weighted by Crippen LogP contribution is -2.53. The van der Waals surface area contributed by atoms with Gasteiger partial charge in [-0.2, -0.15) is 0 Å². The molecule has 2 atom stereocenters. The second kappa shape index (κ2) is 6.54. The quantitative estimate of drug-likeness (QED) is 0.879. The Bertz CT molecular complexity index is 587. The van der Waals surface area contributed by atoms with Crippen molar-refractivity contribution in [3.63, 3.8) is 0 Å². The Balaban J connectivity index is 2.52. The van der Waals surface area contributed by atoms with Crippen LogP contribution in [-0.4, -0.2) is 28.5 Å². The summed E-state index contributed by atoms with van der Waals surface area (Å²) in [5, 5.41) is 2.37. The average molecular weight is 285 g/mol. The highest BCUT2D eigenvalue weighted by Crippen LogP contribution is 2.35. The van der Waals surface area contributed by atoms with Crippen molar-refractivity contribution in [2.75, 3.05) is 13.1 Å². The minimum absolute atomic E-state index is 0.0321. The average Bonchev–Trinajstić information content (AvgIpc) is 2.54. The van der Waals surface area contributed by atoms with Crippen LogP contribution >= 0.6 is 0 Å². The molecular formula is C18H27N3. The van der Waals surface area contributed by atoms with Gasteiger partial charge < -0.3 is 5.73 Å². The van der Waals surface area contributed by atoms with E-state index in [0.717, 1.165) is 19.5 Å². The highest BCUT2D eigenvalue weighted by atomic mass is 15.2. The molecule has 0 spiro atoms. The summed E-state index contributed by atoms with van der Waals surface area (Å²) < 4.78 is 0. The molecule has 3 heteroatoms. The molecule has 1 aromatic heterocycles. The molecule has 0 aliphatic heterocycles. The molecule has 21 heavy (non-hydrogen) atoms. The first-order valence-electron chi connectivity index (χ1n) is 7.91. The Morgan fingerprint density at radius 3 is 2.52 bits per heavy atom. The fourth-order valence-electron chi connectivity index (χ4n) is 3.33. The molecule has 0 aliphatic rings. The van der Waals surface area contributed by atoms with Crippen LogP contribution in [0.4, 0.5) is 0 Å². The summed E-state index contributed by atoms with van der Waals surface area (Å²) in [6.45, 7) is 10.9. The first kappa shape index (κ1) is 15.9. The van der Waals surface area contributed by atoms with Crippen molar-refractivity contribution >= 4 is 10.8 Å². The van der Waals surface area contributed by atoms with Crippen LogP contribution in [0, 0.1) is 0 Å². The number of likely N-dealkylation sites (N-methyl/N-ethyl adjacent to an activating group) is 1. The predicted octanol–water partition coefficient (Wildman–Crippen LogP) is 3.75. The third kappa shape index (κ3) is 2.81. The fourth-order valence-corrected chi connectivity index (χ4v) is 3.33. The smallest absolute Gasteiger partial charge is 0.0486 e. The Hall–Kier alpha value is -1.45. The fraction of sp³-hybridized carbons (Fsp3) is 0.500.